The first-order chi connectivity index (χ1) is 13.5. The fourth-order valence-corrected chi connectivity index (χ4v) is 3.94. The number of para-hydroxylation sites is 2. The van der Waals surface area contributed by atoms with E-state index in [0.29, 0.717) is 25.4 Å². The van der Waals surface area contributed by atoms with Gasteiger partial charge in [0.25, 0.3) is 0 Å². The highest BCUT2D eigenvalue weighted by Crippen LogP contribution is 2.31. The second-order valence-corrected chi connectivity index (χ2v) is 8.09. The molecule has 1 fully saturated rings. The Morgan fingerprint density at radius 3 is 2.64 bits per heavy atom. The van der Waals surface area contributed by atoms with Crippen LogP contribution >= 0.6 is 0 Å². The van der Waals surface area contributed by atoms with Gasteiger partial charge in [-0.3, -0.25) is 4.79 Å². The fraction of sp³-hybridized carbons (Fsp3) is 0.391. The standard InChI is InChI=1S/C23H26FN3O/c1-16(2)11-12-27-21-6-4-3-5-20(21)25-23(27)18-13-22(28)26(15-18)14-17-7-9-19(24)10-8-17/h3-10,16,18H,11-15H2,1-2H3/t18-/m0/s1. The fourth-order valence-electron chi connectivity index (χ4n) is 3.94. The van der Waals surface area contributed by atoms with Gasteiger partial charge in [0, 0.05) is 32.0 Å². The lowest BCUT2D eigenvalue weighted by atomic mass is 10.1. The first-order valence-electron chi connectivity index (χ1n) is 9.98. The second-order valence-electron chi connectivity index (χ2n) is 8.09. The van der Waals surface area contributed by atoms with Crippen molar-refractivity contribution in [3.05, 3.63) is 65.7 Å². The molecule has 4 rings (SSSR count). The van der Waals surface area contributed by atoms with Crippen molar-refractivity contribution < 1.29 is 9.18 Å². The van der Waals surface area contributed by atoms with Gasteiger partial charge in [-0.2, -0.15) is 0 Å². The monoisotopic (exact) mass is 379 g/mol. The molecule has 1 aliphatic heterocycles. The molecule has 4 nitrogen and oxygen atoms in total. The summed E-state index contributed by atoms with van der Waals surface area (Å²) in [6.07, 6.45) is 1.56. The Hall–Kier alpha value is -2.69. The van der Waals surface area contributed by atoms with E-state index >= 15 is 0 Å². The molecule has 1 aliphatic rings. The number of benzene rings is 2. The quantitative estimate of drug-likeness (QED) is 0.621. The molecule has 0 radical (unpaired) electrons. The molecule has 28 heavy (non-hydrogen) atoms. The number of halogens is 1. The van der Waals surface area contributed by atoms with E-state index < -0.39 is 0 Å². The Morgan fingerprint density at radius 2 is 1.89 bits per heavy atom. The van der Waals surface area contributed by atoms with Crippen LogP contribution in [-0.2, 0) is 17.9 Å². The molecular formula is C23H26FN3O. The van der Waals surface area contributed by atoms with Crippen LogP contribution in [0, 0.1) is 11.7 Å². The zero-order valence-electron chi connectivity index (χ0n) is 16.4. The summed E-state index contributed by atoms with van der Waals surface area (Å²) in [7, 11) is 0. The Balaban J connectivity index is 1.58. The average Bonchev–Trinajstić information content (AvgIpc) is 3.22. The highest BCUT2D eigenvalue weighted by atomic mass is 19.1. The highest BCUT2D eigenvalue weighted by molar-refractivity contribution is 5.81. The van der Waals surface area contributed by atoms with Gasteiger partial charge in [0.2, 0.25) is 5.91 Å². The zero-order chi connectivity index (χ0) is 19.7. The van der Waals surface area contributed by atoms with Crippen molar-refractivity contribution in [1.82, 2.24) is 14.5 Å². The van der Waals surface area contributed by atoms with E-state index in [2.05, 4.69) is 24.5 Å². The minimum Gasteiger partial charge on any atom is -0.338 e. The number of rotatable bonds is 6. The van der Waals surface area contributed by atoms with Crippen molar-refractivity contribution in [2.24, 2.45) is 5.92 Å². The molecule has 2 heterocycles. The largest absolute Gasteiger partial charge is 0.338 e. The zero-order valence-corrected chi connectivity index (χ0v) is 16.4. The molecule has 3 aromatic rings. The molecular weight excluding hydrogens is 353 g/mol. The Kier molecular flexibility index (Phi) is 5.16. The van der Waals surface area contributed by atoms with E-state index in [1.165, 1.54) is 12.1 Å². The summed E-state index contributed by atoms with van der Waals surface area (Å²) in [6.45, 7) is 6.53. The molecule has 1 aromatic heterocycles. The van der Waals surface area contributed by atoms with Crippen LogP contribution in [0.5, 0.6) is 0 Å². The number of likely N-dealkylation sites (tertiary alicyclic amines) is 1. The number of imidazole rings is 1. The maximum absolute atomic E-state index is 13.1. The highest BCUT2D eigenvalue weighted by Gasteiger charge is 2.33. The number of hydrogen-bond donors (Lipinski definition) is 0. The molecule has 0 N–H and O–H groups in total. The average molecular weight is 379 g/mol. The predicted molar refractivity (Wildman–Crippen MR) is 108 cm³/mol. The van der Waals surface area contributed by atoms with E-state index in [1.807, 2.05) is 23.1 Å². The molecule has 0 saturated carbocycles. The van der Waals surface area contributed by atoms with E-state index in [9.17, 15) is 9.18 Å². The van der Waals surface area contributed by atoms with Crippen molar-refractivity contribution >= 4 is 16.9 Å². The van der Waals surface area contributed by atoms with Crippen molar-refractivity contribution in [2.75, 3.05) is 6.54 Å². The van der Waals surface area contributed by atoms with E-state index in [1.54, 1.807) is 12.1 Å². The second kappa shape index (κ2) is 7.74. The van der Waals surface area contributed by atoms with Crippen LogP contribution in [0.25, 0.3) is 11.0 Å². The molecule has 1 atom stereocenters. The number of fused-ring (bicyclic) bond motifs is 1. The molecule has 0 aliphatic carbocycles. The number of amides is 1. The van der Waals surface area contributed by atoms with Gasteiger partial charge in [0.15, 0.2) is 0 Å². The van der Waals surface area contributed by atoms with Crippen LogP contribution in [-0.4, -0.2) is 26.9 Å². The lowest BCUT2D eigenvalue weighted by Gasteiger charge is -2.18. The van der Waals surface area contributed by atoms with Gasteiger partial charge in [-0.1, -0.05) is 38.1 Å². The van der Waals surface area contributed by atoms with Crippen molar-refractivity contribution in [3.63, 3.8) is 0 Å². The lowest BCUT2D eigenvalue weighted by molar-refractivity contribution is -0.128. The summed E-state index contributed by atoms with van der Waals surface area (Å²) >= 11 is 0. The van der Waals surface area contributed by atoms with Gasteiger partial charge in [0.05, 0.1) is 11.0 Å². The van der Waals surface area contributed by atoms with Crippen LogP contribution in [0.2, 0.25) is 0 Å². The maximum atomic E-state index is 13.1. The van der Waals surface area contributed by atoms with Gasteiger partial charge in [-0.05, 0) is 42.2 Å². The van der Waals surface area contributed by atoms with Gasteiger partial charge in [-0.15, -0.1) is 0 Å². The number of carbonyl (C=O) groups excluding carboxylic acids is 1. The van der Waals surface area contributed by atoms with Crippen molar-refractivity contribution in [1.29, 1.82) is 0 Å². The Bertz CT molecular complexity index is 977. The van der Waals surface area contributed by atoms with Gasteiger partial charge >= 0.3 is 0 Å². The third kappa shape index (κ3) is 3.79. The van der Waals surface area contributed by atoms with Crippen LogP contribution in [0.1, 0.15) is 44.0 Å². The van der Waals surface area contributed by atoms with E-state index in [-0.39, 0.29) is 17.6 Å². The van der Waals surface area contributed by atoms with Gasteiger partial charge < -0.3 is 9.47 Å². The summed E-state index contributed by atoms with van der Waals surface area (Å²) in [4.78, 5) is 19.4. The summed E-state index contributed by atoms with van der Waals surface area (Å²) in [5, 5.41) is 0. The number of aryl methyl sites for hydroxylation is 1. The number of hydrogen-bond acceptors (Lipinski definition) is 2. The number of aromatic nitrogens is 2. The SMILES string of the molecule is CC(C)CCn1c([C@H]2CC(=O)N(Cc3ccc(F)cc3)C2)nc2ccccc21. The van der Waals surface area contributed by atoms with E-state index in [4.69, 9.17) is 4.98 Å². The molecule has 0 spiro atoms. The molecule has 0 unspecified atom stereocenters. The Labute approximate surface area is 165 Å². The Morgan fingerprint density at radius 1 is 1.14 bits per heavy atom. The van der Waals surface area contributed by atoms with Gasteiger partial charge in [-0.25, -0.2) is 9.37 Å². The minimum atomic E-state index is -0.256. The molecule has 1 saturated heterocycles. The molecule has 146 valence electrons. The normalized spacial score (nSPS) is 17.2. The summed E-state index contributed by atoms with van der Waals surface area (Å²) < 4.78 is 15.4. The number of nitrogens with zero attached hydrogens (tertiary/aromatic N) is 3. The van der Waals surface area contributed by atoms with Crippen LogP contribution in [0.3, 0.4) is 0 Å². The van der Waals surface area contributed by atoms with Crippen molar-refractivity contribution in [3.8, 4) is 0 Å². The van der Waals surface area contributed by atoms with Crippen LogP contribution < -0.4 is 0 Å². The molecule has 1 amide bonds. The first-order valence-corrected chi connectivity index (χ1v) is 9.98. The summed E-state index contributed by atoms with van der Waals surface area (Å²) in [5.41, 5.74) is 3.08. The van der Waals surface area contributed by atoms with Gasteiger partial charge in [0.1, 0.15) is 11.6 Å². The van der Waals surface area contributed by atoms with Crippen LogP contribution in [0.15, 0.2) is 48.5 Å². The predicted octanol–water partition coefficient (Wildman–Crippen LogP) is 4.74. The maximum Gasteiger partial charge on any atom is 0.223 e. The molecule has 0 bridgehead atoms. The van der Waals surface area contributed by atoms with E-state index in [0.717, 1.165) is 35.4 Å². The summed E-state index contributed by atoms with van der Waals surface area (Å²) in [5.74, 6) is 1.59. The molecule has 5 heteroatoms. The topological polar surface area (TPSA) is 38.1 Å². The molecule has 2 aromatic carbocycles. The van der Waals surface area contributed by atoms with Crippen molar-refractivity contribution in [2.45, 2.75) is 45.7 Å². The van der Waals surface area contributed by atoms with Crippen LogP contribution in [0.4, 0.5) is 4.39 Å². The lowest BCUT2D eigenvalue weighted by Crippen LogP contribution is -2.24. The summed E-state index contributed by atoms with van der Waals surface area (Å²) in [6, 6.07) is 14.6. The third-order valence-electron chi connectivity index (χ3n) is 5.48. The minimum absolute atomic E-state index is 0.0903. The number of carbonyl (C=O) groups is 1. The first kappa shape index (κ1) is 18.7. The smallest absolute Gasteiger partial charge is 0.223 e. The third-order valence-corrected chi connectivity index (χ3v) is 5.48.